The fourth-order valence-corrected chi connectivity index (χ4v) is 5.02. The highest BCUT2D eigenvalue weighted by molar-refractivity contribution is 8.00. The van der Waals surface area contributed by atoms with Crippen LogP contribution in [0.15, 0.2) is 24.3 Å². The molecule has 3 rings (SSSR count). The van der Waals surface area contributed by atoms with Crippen LogP contribution in [0.4, 0.5) is 10.5 Å². The van der Waals surface area contributed by atoms with Crippen LogP contribution in [0.2, 0.25) is 0 Å². The molecule has 152 valence electrons. The second-order valence-corrected chi connectivity index (χ2v) is 8.37. The summed E-state index contributed by atoms with van der Waals surface area (Å²) in [6, 6.07) is 7.09. The molecular formula is C19H27N5O3S. The summed E-state index contributed by atoms with van der Waals surface area (Å²) in [6.45, 7) is 0.781. The van der Waals surface area contributed by atoms with Crippen molar-refractivity contribution >= 4 is 35.3 Å². The first kappa shape index (κ1) is 20.3. The van der Waals surface area contributed by atoms with Gasteiger partial charge in [0.05, 0.1) is 12.1 Å². The highest BCUT2D eigenvalue weighted by Gasteiger charge is 2.42. The number of amides is 4. The highest BCUT2D eigenvalue weighted by atomic mass is 32.2. The van der Waals surface area contributed by atoms with Gasteiger partial charge in [-0.05, 0) is 37.1 Å². The van der Waals surface area contributed by atoms with Crippen molar-refractivity contribution in [1.29, 1.82) is 0 Å². The number of hydrogen-bond donors (Lipinski definition) is 5. The zero-order valence-electron chi connectivity index (χ0n) is 15.7. The maximum Gasteiger partial charge on any atom is 0.315 e. The van der Waals surface area contributed by atoms with E-state index in [1.807, 2.05) is 11.8 Å². The molecule has 28 heavy (non-hydrogen) atoms. The predicted octanol–water partition coefficient (Wildman–Crippen LogP) is 0.841. The molecule has 2 fully saturated rings. The van der Waals surface area contributed by atoms with E-state index in [0.29, 0.717) is 36.0 Å². The van der Waals surface area contributed by atoms with E-state index in [4.69, 9.17) is 5.73 Å². The van der Waals surface area contributed by atoms with Crippen LogP contribution in [-0.2, 0) is 4.79 Å². The highest BCUT2D eigenvalue weighted by Crippen LogP contribution is 2.33. The Kier molecular flexibility index (Phi) is 7.02. The van der Waals surface area contributed by atoms with E-state index in [1.165, 1.54) is 0 Å². The minimum absolute atomic E-state index is 0.00507. The largest absolute Gasteiger partial charge is 0.399 e. The van der Waals surface area contributed by atoms with E-state index in [1.54, 1.807) is 24.3 Å². The summed E-state index contributed by atoms with van der Waals surface area (Å²) in [5.41, 5.74) is 6.75. The molecule has 2 aliphatic heterocycles. The summed E-state index contributed by atoms with van der Waals surface area (Å²) in [4.78, 5) is 35.2. The Hall–Kier alpha value is -2.42. The van der Waals surface area contributed by atoms with E-state index in [-0.39, 0.29) is 29.9 Å². The van der Waals surface area contributed by atoms with E-state index in [9.17, 15) is 14.4 Å². The van der Waals surface area contributed by atoms with Gasteiger partial charge in [-0.15, -0.1) is 0 Å². The lowest BCUT2D eigenvalue weighted by molar-refractivity contribution is -0.121. The third kappa shape index (κ3) is 5.54. The third-order valence-electron chi connectivity index (χ3n) is 4.99. The van der Waals surface area contributed by atoms with E-state index in [2.05, 4.69) is 21.3 Å². The number of nitrogens with two attached hydrogens (primary N) is 1. The van der Waals surface area contributed by atoms with Crippen molar-refractivity contribution in [3.05, 3.63) is 29.8 Å². The monoisotopic (exact) mass is 405 g/mol. The first-order valence-corrected chi connectivity index (χ1v) is 10.7. The Balaban J connectivity index is 1.23. The van der Waals surface area contributed by atoms with Crippen molar-refractivity contribution in [2.45, 2.75) is 43.0 Å². The molecular weight excluding hydrogens is 378 g/mol. The van der Waals surface area contributed by atoms with Crippen molar-refractivity contribution in [2.24, 2.45) is 0 Å². The Bertz CT molecular complexity index is 712. The number of carbonyl (C=O) groups excluding carboxylic acids is 3. The zero-order valence-corrected chi connectivity index (χ0v) is 16.5. The maximum atomic E-state index is 11.9. The van der Waals surface area contributed by atoms with Crippen LogP contribution in [0.3, 0.4) is 0 Å². The molecule has 1 aromatic rings. The van der Waals surface area contributed by atoms with Crippen LogP contribution in [0.1, 0.15) is 36.0 Å². The van der Waals surface area contributed by atoms with Crippen molar-refractivity contribution in [3.63, 3.8) is 0 Å². The zero-order chi connectivity index (χ0) is 19.9. The number of nitrogens with one attached hydrogen (secondary N) is 4. The molecule has 2 saturated heterocycles. The van der Waals surface area contributed by atoms with E-state index >= 15 is 0 Å². The average Bonchev–Trinajstić information content (AvgIpc) is 3.22. The summed E-state index contributed by atoms with van der Waals surface area (Å²) < 4.78 is 0. The number of carbonyl (C=O) groups is 3. The summed E-state index contributed by atoms with van der Waals surface area (Å²) in [5.74, 6) is 0.765. The standard InChI is InChI=1S/C19H27N5O3S/c20-13-7-5-12(6-8-13)18(26)22-10-9-21-16(25)4-2-1-3-15-17-14(11-28-15)23-19(27)24-17/h5-8,14-15,17H,1-4,9-11,20H2,(H,21,25)(H,22,26)(H2,23,24,27)/t14-,15-,17-/m0/s1. The summed E-state index contributed by atoms with van der Waals surface area (Å²) in [6.07, 6.45) is 3.25. The molecule has 1 aromatic carbocycles. The topological polar surface area (TPSA) is 125 Å². The maximum absolute atomic E-state index is 11.9. The van der Waals surface area contributed by atoms with Gasteiger partial charge in [0, 0.05) is 41.8 Å². The smallest absolute Gasteiger partial charge is 0.315 e. The van der Waals surface area contributed by atoms with E-state index < -0.39 is 0 Å². The number of anilines is 1. The molecule has 9 heteroatoms. The average molecular weight is 406 g/mol. The lowest BCUT2D eigenvalue weighted by Crippen LogP contribution is -2.36. The van der Waals surface area contributed by atoms with Crippen LogP contribution >= 0.6 is 11.8 Å². The molecule has 0 spiro atoms. The van der Waals surface area contributed by atoms with Crippen LogP contribution in [0.25, 0.3) is 0 Å². The second-order valence-electron chi connectivity index (χ2n) is 7.10. The molecule has 0 radical (unpaired) electrons. The number of rotatable bonds is 9. The van der Waals surface area contributed by atoms with Crippen molar-refractivity contribution in [2.75, 3.05) is 24.6 Å². The number of thioether (sulfide) groups is 1. The predicted molar refractivity (Wildman–Crippen MR) is 110 cm³/mol. The number of benzene rings is 1. The number of fused-ring (bicyclic) bond motifs is 1. The van der Waals surface area contributed by atoms with Crippen molar-refractivity contribution in [1.82, 2.24) is 21.3 Å². The first-order chi connectivity index (χ1) is 13.5. The Morgan fingerprint density at radius 2 is 1.86 bits per heavy atom. The fourth-order valence-electron chi connectivity index (χ4n) is 3.48. The molecule has 2 aliphatic rings. The Morgan fingerprint density at radius 3 is 2.64 bits per heavy atom. The van der Waals surface area contributed by atoms with Gasteiger partial charge in [-0.25, -0.2) is 4.79 Å². The van der Waals surface area contributed by atoms with Gasteiger partial charge in [0.25, 0.3) is 5.91 Å². The molecule has 0 saturated carbocycles. The van der Waals surface area contributed by atoms with Crippen LogP contribution in [0, 0.1) is 0 Å². The number of urea groups is 1. The minimum atomic E-state index is -0.185. The SMILES string of the molecule is Nc1ccc(C(=O)NCCNC(=O)CCCC[C@@H]2SC[C@@H]3NC(=O)N[C@@H]32)cc1. The molecule has 2 heterocycles. The second kappa shape index (κ2) is 9.68. The first-order valence-electron chi connectivity index (χ1n) is 9.62. The van der Waals surface area contributed by atoms with Gasteiger partial charge in [-0.3, -0.25) is 9.59 Å². The van der Waals surface area contributed by atoms with Gasteiger partial charge in [0.2, 0.25) is 5.91 Å². The molecule has 0 aromatic heterocycles. The molecule has 0 bridgehead atoms. The normalized spacial score (nSPS) is 22.9. The number of hydrogen-bond acceptors (Lipinski definition) is 5. The van der Waals surface area contributed by atoms with Gasteiger partial charge in [0.1, 0.15) is 0 Å². The number of unbranched alkanes of at least 4 members (excludes halogenated alkanes) is 1. The number of nitrogen functional groups attached to an aromatic ring is 1. The molecule has 6 N–H and O–H groups in total. The van der Waals surface area contributed by atoms with Crippen molar-refractivity contribution < 1.29 is 14.4 Å². The lowest BCUT2D eigenvalue weighted by Gasteiger charge is -2.16. The van der Waals surface area contributed by atoms with Crippen LogP contribution in [0.5, 0.6) is 0 Å². The molecule has 0 unspecified atom stereocenters. The van der Waals surface area contributed by atoms with Crippen molar-refractivity contribution in [3.8, 4) is 0 Å². The van der Waals surface area contributed by atoms with Crippen LogP contribution < -0.4 is 27.0 Å². The molecule has 0 aliphatic carbocycles. The molecule has 3 atom stereocenters. The van der Waals surface area contributed by atoms with Gasteiger partial charge in [-0.1, -0.05) is 6.42 Å². The minimum Gasteiger partial charge on any atom is -0.399 e. The third-order valence-corrected chi connectivity index (χ3v) is 6.49. The summed E-state index contributed by atoms with van der Waals surface area (Å²) >= 11 is 1.89. The van der Waals surface area contributed by atoms with E-state index in [0.717, 1.165) is 25.0 Å². The summed E-state index contributed by atoms with van der Waals surface area (Å²) in [7, 11) is 0. The van der Waals surface area contributed by atoms with Gasteiger partial charge in [0.15, 0.2) is 0 Å². The molecule has 4 amide bonds. The van der Waals surface area contributed by atoms with Gasteiger partial charge < -0.3 is 27.0 Å². The van der Waals surface area contributed by atoms with Gasteiger partial charge in [-0.2, -0.15) is 11.8 Å². The fraction of sp³-hybridized carbons (Fsp3) is 0.526. The quantitative estimate of drug-likeness (QED) is 0.236. The molecule has 8 nitrogen and oxygen atoms in total. The Labute approximate surface area is 168 Å². The van der Waals surface area contributed by atoms with Gasteiger partial charge >= 0.3 is 6.03 Å². The lowest BCUT2D eigenvalue weighted by atomic mass is 10.0. The van der Waals surface area contributed by atoms with Crippen LogP contribution in [-0.4, -0.2) is 54.0 Å². The summed E-state index contributed by atoms with van der Waals surface area (Å²) in [5, 5.41) is 11.9. The Morgan fingerprint density at radius 1 is 1.11 bits per heavy atom.